The molecule has 0 atom stereocenters. The van der Waals surface area contributed by atoms with Crippen LogP contribution in [0.3, 0.4) is 0 Å². The maximum Gasteiger partial charge on any atom is 0.128 e. The van der Waals surface area contributed by atoms with Gasteiger partial charge in [-0.2, -0.15) is 0 Å². The summed E-state index contributed by atoms with van der Waals surface area (Å²) in [6.45, 7) is 2.37. The molecule has 0 spiro atoms. The van der Waals surface area contributed by atoms with Gasteiger partial charge in [0.2, 0.25) is 0 Å². The van der Waals surface area contributed by atoms with Crippen molar-refractivity contribution in [3.63, 3.8) is 0 Å². The highest BCUT2D eigenvalue weighted by molar-refractivity contribution is 5.35. The fraction of sp³-hybridized carbons (Fsp3) is 0.273. The number of nitrogens with one attached hydrogen (secondary N) is 1. The maximum atomic E-state index is 13.4. The second-order valence-corrected chi connectivity index (χ2v) is 3.60. The number of hydrogen-bond donors (Lipinski definition) is 1. The topological polar surface area (TPSA) is 42.7 Å². The minimum absolute atomic E-state index is 0.233. The van der Waals surface area contributed by atoms with E-state index in [-0.39, 0.29) is 5.82 Å². The van der Waals surface area contributed by atoms with Crippen molar-refractivity contribution in [2.24, 2.45) is 0 Å². The quantitative estimate of drug-likeness (QED) is 0.851. The lowest BCUT2D eigenvalue weighted by molar-refractivity contribution is 0.614. The summed E-state index contributed by atoms with van der Waals surface area (Å²) in [5.41, 5.74) is 2.20. The molecule has 0 radical (unpaired) electrons. The Morgan fingerprint density at radius 1 is 1.44 bits per heavy atom. The molecule has 0 saturated heterocycles. The molecule has 1 heterocycles. The van der Waals surface area contributed by atoms with Gasteiger partial charge in [-0.25, -0.2) is 9.07 Å². The largest absolute Gasteiger partial charge is 0.314 e. The first-order valence-electron chi connectivity index (χ1n) is 5.03. The van der Waals surface area contributed by atoms with E-state index < -0.39 is 0 Å². The summed E-state index contributed by atoms with van der Waals surface area (Å²) in [6.07, 6.45) is 1.66. The summed E-state index contributed by atoms with van der Waals surface area (Å²) in [4.78, 5) is 0. The Morgan fingerprint density at radius 2 is 2.25 bits per heavy atom. The zero-order valence-corrected chi connectivity index (χ0v) is 9.24. The first-order chi connectivity index (χ1) is 7.72. The summed E-state index contributed by atoms with van der Waals surface area (Å²) >= 11 is 0. The van der Waals surface area contributed by atoms with Crippen molar-refractivity contribution in [1.82, 2.24) is 20.3 Å². The highest BCUT2D eigenvalue weighted by Crippen LogP contribution is 2.14. The summed E-state index contributed by atoms with van der Waals surface area (Å²) in [7, 11) is 1.84. The van der Waals surface area contributed by atoms with Crippen molar-refractivity contribution in [3.05, 3.63) is 41.5 Å². The minimum atomic E-state index is -0.233. The first-order valence-corrected chi connectivity index (χ1v) is 5.03. The van der Waals surface area contributed by atoms with Crippen LogP contribution in [0.2, 0.25) is 0 Å². The number of aromatic nitrogens is 3. The van der Waals surface area contributed by atoms with Gasteiger partial charge in [0.15, 0.2) is 0 Å². The van der Waals surface area contributed by atoms with Crippen molar-refractivity contribution in [1.29, 1.82) is 0 Å². The molecule has 0 aliphatic heterocycles. The zero-order chi connectivity index (χ0) is 11.5. The fourth-order valence-corrected chi connectivity index (χ4v) is 1.49. The lowest BCUT2D eigenvalue weighted by atomic mass is 10.2. The molecule has 84 valence electrons. The van der Waals surface area contributed by atoms with E-state index in [1.165, 1.54) is 6.07 Å². The number of halogens is 1. The highest BCUT2D eigenvalue weighted by atomic mass is 19.1. The third-order valence-electron chi connectivity index (χ3n) is 2.38. The van der Waals surface area contributed by atoms with Gasteiger partial charge in [-0.05, 0) is 31.7 Å². The molecule has 0 amide bonds. The van der Waals surface area contributed by atoms with Crippen LogP contribution in [-0.2, 0) is 6.54 Å². The molecule has 1 aromatic carbocycles. The van der Waals surface area contributed by atoms with Gasteiger partial charge < -0.3 is 5.32 Å². The van der Waals surface area contributed by atoms with Crippen LogP contribution in [0.4, 0.5) is 4.39 Å². The van der Waals surface area contributed by atoms with Gasteiger partial charge in [-0.3, -0.25) is 0 Å². The third kappa shape index (κ3) is 1.94. The molecule has 0 saturated carbocycles. The molecule has 4 nitrogen and oxygen atoms in total. The molecule has 0 aliphatic carbocycles. The van der Waals surface area contributed by atoms with Gasteiger partial charge in [0.25, 0.3) is 0 Å². The van der Waals surface area contributed by atoms with Gasteiger partial charge in [-0.1, -0.05) is 11.3 Å². The Kier molecular flexibility index (Phi) is 2.96. The molecule has 0 unspecified atom stereocenters. The standard InChI is InChI=1S/C11H13FN4/c1-8-3-4-9(5-11(8)12)16-10(6-13-2)7-14-15-16/h3-5,7,13H,6H2,1-2H3. The second kappa shape index (κ2) is 4.40. The number of hydrogen-bond acceptors (Lipinski definition) is 3. The number of benzene rings is 1. The molecule has 2 rings (SSSR count). The predicted octanol–water partition coefficient (Wildman–Crippen LogP) is 1.43. The van der Waals surface area contributed by atoms with Crippen molar-refractivity contribution >= 4 is 0 Å². The van der Waals surface area contributed by atoms with Gasteiger partial charge >= 0.3 is 0 Å². The molecule has 2 aromatic rings. The van der Waals surface area contributed by atoms with E-state index in [0.29, 0.717) is 17.8 Å². The summed E-state index contributed by atoms with van der Waals surface area (Å²) in [5.74, 6) is -0.233. The molecule has 0 fully saturated rings. The highest BCUT2D eigenvalue weighted by Gasteiger charge is 2.07. The van der Waals surface area contributed by atoms with E-state index in [4.69, 9.17) is 0 Å². The van der Waals surface area contributed by atoms with Gasteiger partial charge in [0, 0.05) is 6.54 Å². The third-order valence-corrected chi connectivity index (χ3v) is 2.38. The molecule has 5 heteroatoms. The van der Waals surface area contributed by atoms with Crippen LogP contribution in [-0.4, -0.2) is 22.0 Å². The molecule has 0 aliphatic rings. The molecule has 16 heavy (non-hydrogen) atoms. The first kappa shape index (κ1) is 10.8. The monoisotopic (exact) mass is 220 g/mol. The molecule has 1 N–H and O–H groups in total. The fourth-order valence-electron chi connectivity index (χ4n) is 1.49. The number of rotatable bonds is 3. The van der Waals surface area contributed by atoms with Crippen molar-refractivity contribution < 1.29 is 4.39 Å². The van der Waals surface area contributed by atoms with Gasteiger partial charge in [0.05, 0.1) is 17.6 Å². The summed E-state index contributed by atoms with van der Waals surface area (Å²) in [6, 6.07) is 5.02. The lowest BCUT2D eigenvalue weighted by Crippen LogP contribution is -2.11. The maximum absolute atomic E-state index is 13.4. The average Bonchev–Trinajstić information content (AvgIpc) is 2.71. The van der Waals surface area contributed by atoms with Crippen LogP contribution in [0.15, 0.2) is 24.4 Å². The lowest BCUT2D eigenvalue weighted by Gasteiger charge is -2.06. The molecule has 0 bridgehead atoms. The van der Waals surface area contributed by atoms with E-state index in [1.807, 2.05) is 13.1 Å². The summed E-state index contributed by atoms with van der Waals surface area (Å²) in [5, 5.41) is 10.8. The van der Waals surface area contributed by atoms with E-state index in [9.17, 15) is 4.39 Å². The Balaban J connectivity index is 2.42. The van der Waals surface area contributed by atoms with Gasteiger partial charge in [-0.15, -0.1) is 5.10 Å². The van der Waals surface area contributed by atoms with Crippen LogP contribution in [0, 0.1) is 12.7 Å². The van der Waals surface area contributed by atoms with Gasteiger partial charge in [0.1, 0.15) is 5.82 Å². The van der Waals surface area contributed by atoms with E-state index in [1.54, 1.807) is 23.9 Å². The van der Waals surface area contributed by atoms with Crippen molar-refractivity contribution in [2.75, 3.05) is 7.05 Å². The normalized spacial score (nSPS) is 10.7. The van der Waals surface area contributed by atoms with Crippen LogP contribution in [0.25, 0.3) is 5.69 Å². The van der Waals surface area contributed by atoms with Crippen LogP contribution in [0.5, 0.6) is 0 Å². The number of nitrogens with zero attached hydrogens (tertiary/aromatic N) is 3. The van der Waals surface area contributed by atoms with Crippen LogP contribution in [0.1, 0.15) is 11.3 Å². The molecular formula is C11H13FN4. The van der Waals surface area contributed by atoms with Crippen LogP contribution < -0.4 is 5.32 Å². The van der Waals surface area contributed by atoms with E-state index in [2.05, 4.69) is 15.6 Å². The molecular weight excluding hydrogens is 207 g/mol. The zero-order valence-electron chi connectivity index (χ0n) is 9.24. The van der Waals surface area contributed by atoms with E-state index >= 15 is 0 Å². The average molecular weight is 220 g/mol. The second-order valence-electron chi connectivity index (χ2n) is 3.60. The van der Waals surface area contributed by atoms with E-state index in [0.717, 1.165) is 5.69 Å². The van der Waals surface area contributed by atoms with Crippen molar-refractivity contribution in [3.8, 4) is 5.69 Å². The Morgan fingerprint density at radius 3 is 2.94 bits per heavy atom. The SMILES string of the molecule is CNCc1cnnn1-c1ccc(C)c(F)c1. The predicted molar refractivity (Wildman–Crippen MR) is 58.8 cm³/mol. The number of aryl methyl sites for hydroxylation is 1. The smallest absolute Gasteiger partial charge is 0.128 e. The van der Waals surface area contributed by atoms with Crippen LogP contribution >= 0.6 is 0 Å². The Hall–Kier alpha value is -1.75. The van der Waals surface area contributed by atoms with Crippen molar-refractivity contribution in [2.45, 2.75) is 13.5 Å². The molecule has 1 aromatic heterocycles. The summed E-state index contributed by atoms with van der Waals surface area (Å²) < 4.78 is 15.0. The Bertz CT molecular complexity index is 492. The minimum Gasteiger partial charge on any atom is -0.314 e. The Labute approximate surface area is 93.1 Å².